The van der Waals surface area contributed by atoms with E-state index >= 15 is 0 Å². The molecule has 0 atom stereocenters. The maximum atomic E-state index is 7.57. The molecule has 1 N–H and O–H groups in total. The molecule has 0 heterocycles. The van der Waals surface area contributed by atoms with Gasteiger partial charge in [-0.15, -0.1) is 0 Å². The topological polar surface area (TPSA) is 29.5 Å². The Hall–Kier alpha value is -0.670. The molecule has 1 rings (SSSR count). The van der Waals surface area contributed by atoms with Gasteiger partial charge >= 0.3 is 0 Å². The maximum absolute atomic E-state index is 7.57. The predicted octanol–water partition coefficient (Wildman–Crippen LogP) is 2.12. The Kier molecular flexibility index (Phi) is 7.54. The molecular weight excluding hydrogens is 184 g/mol. The van der Waals surface area contributed by atoms with E-state index in [4.69, 9.17) is 9.84 Å². The lowest BCUT2D eigenvalue weighted by molar-refractivity contribution is 0.318. The van der Waals surface area contributed by atoms with Gasteiger partial charge in [0.05, 0.1) is 7.11 Å². The summed E-state index contributed by atoms with van der Waals surface area (Å²) in [6, 6.07) is 7.88. The van der Waals surface area contributed by atoms with E-state index in [1.165, 1.54) is 5.56 Å². The second-order valence-electron chi connectivity index (χ2n) is 2.32. The Morgan fingerprint density at radius 1 is 1.31 bits per heavy atom. The molecule has 1 aromatic rings. The van der Waals surface area contributed by atoms with Crippen LogP contribution < -0.4 is 4.74 Å². The molecule has 0 bridgehead atoms. The molecule has 0 fully saturated rings. The number of ether oxygens (including phenoxy) is 1. The third-order valence-electron chi connectivity index (χ3n) is 1.34. The minimum Gasteiger partial charge on any atom is -0.497 e. The van der Waals surface area contributed by atoms with Gasteiger partial charge in [-0.3, -0.25) is 0 Å². The maximum Gasteiger partial charge on any atom is 0.118 e. The molecule has 0 unspecified atom stereocenters. The Bertz CT molecular complexity index is 186. The minimum atomic E-state index is 0.250. The lowest BCUT2D eigenvalue weighted by Gasteiger charge is -1.99. The minimum absolute atomic E-state index is 0.250. The fourth-order valence-corrected chi connectivity index (χ4v) is 0.942. The van der Waals surface area contributed by atoms with Crippen molar-refractivity contribution >= 4 is 12.6 Å². The Balaban J connectivity index is 0.000000424. The van der Waals surface area contributed by atoms with Crippen molar-refractivity contribution in [1.29, 1.82) is 0 Å². The summed E-state index contributed by atoms with van der Waals surface area (Å²) in [7, 11) is 1.66. The first-order valence-corrected chi connectivity index (χ1v) is 4.76. The SMILES string of the molecule is CCO.COc1ccc(CS)cc1. The predicted molar refractivity (Wildman–Crippen MR) is 58.4 cm³/mol. The largest absolute Gasteiger partial charge is 0.497 e. The average Bonchev–Trinajstić information content (AvgIpc) is 2.19. The molecule has 0 spiro atoms. The molecule has 0 saturated heterocycles. The number of benzene rings is 1. The Morgan fingerprint density at radius 3 is 2.08 bits per heavy atom. The number of aliphatic hydroxyl groups excluding tert-OH is 1. The fourth-order valence-electron chi connectivity index (χ4n) is 0.731. The summed E-state index contributed by atoms with van der Waals surface area (Å²) in [4.78, 5) is 0. The molecule has 0 aliphatic carbocycles. The highest BCUT2D eigenvalue weighted by atomic mass is 32.1. The highest BCUT2D eigenvalue weighted by Crippen LogP contribution is 2.11. The van der Waals surface area contributed by atoms with Crippen molar-refractivity contribution in [3.05, 3.63) is 29.8 Å². The normalized spacial score (nSPS) is 8.62. The number of hydrogen-bond acceptors (Lipinski definition) is 3. The van der Waals surface area contributed by atoms with Crippen molar-refractivity contribution in [3.63, 3.8) is 0 Å². The number of aliphatic hydroxyl groups is 1. The molecule has 0 aromatic heterocycles. The Morgan fingerprint density at radius 2 is 1.77 bits per heavy atom. The van der Waals surface area contributed by atoms with Crippen LogP contribution >= 0.6 is 12.6 Å². The van der Waals surface area contributed by atoms with Crippen molar-refractivity contribution < 1.29 is 9.84 Å². The van der Waals surface area contributed by atoms with Crippen molar-refractivity contribution in [2.45, 2.75) is 12.7 Å². The molecule has 3 heteroatoms. The smallest absolute Gasteiger partial charge is 0.118 e. The van der Waals surface area contributed by atoms with E-state index in [1.807, 2.05) is 24.3 Å². The van der Waals surface area contributed by atoms with Crippen LogP contribution in [0.4, 0.5) is 0 Å². The van der Waals surface area contributed by atoms with Crippen LogP contribution in [-0.4, -0.2) is 18.8 Å². The number of thiol groups is 1. The molecule has 1 aromatic carbocycles. The third-order valence-corrected chi connectivity index (χ3v) is 1.71. The van der Waals surface area contributed by atoms with Crippen molar-refractivity contribution in [2.75, 3.05) is 13.7 Å². The second kappa shape index (κ2) is 7.95. The molecule has 0 radical (unpaired) electrons. The van der Waals surface area contributed by atoms with E-state index < -0.39 is 0 Å². The fraction of sp³-hybridized carbons (Fsp3) is 0.400. The van der Waals surface area contributed by atoms with Gasteiger partial charge in [-0.05, 0) is 24.6 Å². The van der Waals surface area contributed by atoms with Crippen molar-refractivity contribution in [2.24, 2.45) is 0 Å². The summed E-state index contributed by atoms with van der Waals surface area (Å²) in [6.45, 7) is 1.93. The van der Waals surface area contributed by atoms with Crippen LogP contribution in [0.3, 0.4) is 0 Å². The van der Waals surface area contributed by atoms with Gasteiger partial charge in [0.15, 0.2) is 0 Å². The van der Waals surface area contributed by atoms with Crippen LogP contribution in [-0.2, 0) is 5.75 Å². The highest BCUT2D eigenvalue weighted by Gasteiger charge is 1.89. The first kappa shape index (κ1) is 12.3. The van der Waals surface area contributed by atoms with E-state index in [1.54, 1.807) is 14.0 Å². The molecule has 2 nitrogen and oxygen atoms in total. The van der Waals surface area contributed by atoms with Gasteiger partial charge in [0.2, 0.25) is 0 Å². The van der Waals surface area contributed by atoms with Crippen molar-refractivity contribution in [3.8, 4) is 5.75 Å². The van der Waals surface area contributed by atoms with E-state index in [2.05, 4.69) is 12.6 Å². The third kappa shape index (κ3) is 5.55. The first-order valence-electron chi connectivity index (χ1n) is 4.13. The molecule has 0 amide bonds. The summed E-state index contributed by atoms with van der Waals surface area (Å²) in [5.74, 6) is 1.68. The Labute approximate surface area is 85.0 Å². The quantitative estimate of drug-likeness (QED) is 0.716. The number of hydrogen-bond donors (Lipinski definition) is 2. The van der Waals surface area contributed by atoms with Crippen LogP contribution in [0.2, 0.25) is 0 Å². The van der Waals surface area contributed by atoms with Gasteiger partial charge in [-0.2, -0.15) is 12.6 Å². The highest BCUT2D eigenvalue weighted by molar-refractivity contribution is 7.79. The lowest BCUT2D eigenvalue weighted by Crippen LogP contribution is -1.82. The summed E-state index contributed by atoms with van der Waals surface area (Å²) in [5, 5.41) is 7.57. The van der Waals surface area contributed by atoms with Gasteiger partial charge in [-0.1, -0.05) is 12.1 Å². The zero-order valence-electron chi connectivity index (χ0n) is 8.03. The van der Waals surface area contributed by atoms with Crippen LogP contribution in [0, 0.1) is 0 Å². The molecule has 0 aliphatic heterocycles. The standard InChI is InChI=1S/C8H10OS.C2H6O/c1-9-8-4-2-7(6-10)3-5-8;1-2-3/h2-5,10H,6H2,1H3;3H,2H2,1H3. The van der Waals surface area contributed by atoms with Crippen molar-refractivity contribution in [1.82, 2.24) is 0 Å². The molecule has 13 heavy (non-hydrogen) atoms. The zero-order chi connectivity index (χ0) is 10.1. The lowest BCUT2D eigenvalue weighted by atomic mass is 10.2. The van der Waals surface area contributed by atoms with Gasteiger partial charge in [0.25, 0.3) is 0 Å². The first-order chi connectivity index (χ1) is 6.28. The van der Waals surface area contributed by atoms with Gasteiger partial charge < -0.3 is 9.84 Å². The monoisotopic (exact) mass is 200 g/mol. The van der Waals surface area contributed by atoms with Gasteiger partial charge in [-0.25, -0.2) is 0 Å². The number of methoxy groups -OCH3 is 1. The van der Waals surface area contributed by atoms with Crippen LogP contribution in [0.1, 0.15) is 12.5 Å². The van der Waals surface area contributed by atoms with Gasteiger partial charge in [0, 0.05) is 12.4 Å². The van der Waals surface area contributed by atoms with E-state index in [0.717, 1.165) is 11.5 Å². The van der Waals surface area contributed by atoms with Gasteiger partial charge in [0.1, 0.15) is 5.75 Å². The second-order valence-corrected chi connectivity index (χ2v) is 2.64. The average molecular weight is 200 g/mol. The summed E-state index contributed by atoms with van der Waals surface area (Å²) in [5.41, 5.74) is 1.21. The molecular formula is C10H16O2S. The zero-order valence-corrected chi connectivity index (χ0v) is 8.92. The van der Waals surface area contributed by atoms with E-state index in [9.17, 15) is 0 Å². The molecule has 0 saturated carbocycles. The summed E-state index contributed by atoms with van der Waals surface area (Å²) >= 11 is 4.13. The number of rotatable bonds is 2. The van der Waals surface area contributed by atoms with Crippen LogP contribution in [0.15, 0.2) is 24.3 Å². The molecule has 74 valence electrons. The summed E-state index contributed by atoms with van der Waals surface area (Å²) < 4.78 is 4.99. The van der Waals surface area contributed by atoms with E-state index in [0.29, 0.717) is 0 Å². The summed E-state index contributed by atoms with van der Waals surface area (Å²) in [6.07, 6.45) is 0. The van der Waals surface area contributed by atoms with Crippen LogP contribution in [0.25, 0.3) is 0 Å². The molecule has 0 aliphatic rings. The van der Waals surface area contributed by atoms with E-state index in [-0.39, 0.29) is 6.61 Å². The van der Waals surface area contributed by atoms with Crippen LogP contribution in [0.5, 0.6) is 5.75 Å².